The Bertz CT molecular complexity index is 903. The Morgan fingerprint density at radius 1 is 1.07 bits per heavy atom. The fraction of sp³-hybridized carbons (Fsp3) is 0.333. The first kappa shape index (κ1) is 20.0. The lowest BCUT2D eigenvalue weighted by molar-refractivity contribution is -0.903. The molecule has 1 aliphatic heterocycles. The summed E-state index contributed by atoms with van der Waals surface area (Å²) in [5.74, 6) is -1.54. The van der Waals surface area contributed by atoms with Crippen molar-refractivity contribution in [3.8, 4) is 5.75 Å². The summed E-state index contributed by atoms with van der Waals surface area (Å²) in [7, 11) is -3.83. The van der Waals surface area contributed by atoms with Crippen LogP contribution in [0.15, 0.2) is 47.4 Å². The lowest BCUT2D eigenvalue weighted by Crippen LogP contribution is -3.15. The van der Waals surface area contributed by atoms with Gasteiger partial charge in [-0.3, -0.25) is 0 Å². The second-order valence-corrected chi connectivity index (χ2v) is 8.66. The molecule has 2 aromatic rings. The smallest absolute Gasteiger partial charge is 0.243 e. The molecule has 2 aromatic carbocycles. The molecule has 0 aromatic heterocycles. The minimum atomic E-state index is -3.83. The molecule has 0 saturated carbocycles. The van der Waals surface area contributed by atoms with Crippen molar-refractivity contribution in [1.29, 1.82) is 0 Å². The van der Waals surface area contributed by atoms with Crippen molar-refractivity contribution < 1.29 is 26.8 Å². The first-order valence-electron chi connectivity index (χ1n) is 8.53. The summed E-state index contributed by atoms with van der Waals surface area (Å²) in [5, 5.41) is 0.607. The van der Waals surface area contributed by atoms with E-state index in [0.29, 0.717) is 43.6 Å². The molecule has 0 radical (unpaired) electrons. The number of benzene rings is 2. The number of hydrogen-bond donors (Lipinski definition) is 1. The fourth-order valence-electron chi connectivity index (χ4n) is 2.95. The third-order valence-electron chi connectivity index (χ3n) is 4.48. The van der Waals surface area contributed by atoms with E-state index in [4.69, 9.17) is 16.3 Å². The lowest BCUT2D eigenvalue weighted by Gasteiger charge is -2.31. The molecule has 1 heterocycles. The zero-order chi connectivity index (χ0) is 19.4. The maximum Gasteiger partial charge on any atom is 0.243 e. The molecule has 1 aliphatic rings. The van der Waals surface area contributed by atoms with E-state index in [-0.39, 0.29) is 4.90 Å². The summed E-state index contributed by atoms with van der Waals surface area (Å²) in [6.07, 6.45) is 0. The molecule has 1 N–H and O–H groups in total. The summed E-state index contributed by atoms with van der Waals surface area (Å²) in [6, 6.07) is 9.79. The molecule has 3 rings (SSSR count). The molecular weight excluding hydrogens is 398 g/mol. The van der Waals surface area contributed by atoms with Gasteiger partial charge in [-0.1, -0.05) is 17.7 Å². The highest BCUT2D eigenvalue weighted by Crippen LogP contribution is 2.19. The molecule has 27 heavy (non-hydrogen) atoms. The van der Waals surface area contributed by atoms with Gasteiger partial charge in [-0.25, -0.2) is 17.2 Å². The first-order chi connectivity index (χ1) is 12.9. The van der Waals surface area contributed by atoms with Crippen molar-refractivity contribution in [2.45, 2.75) is 4.90 Å². The van der Waals surface area contributed by atoms with E-state index < -0.39 is 21.7 Å². The number of hydrogen-bond acceptors (Lipinski definition) is 3. The molecule has 0 aliphatic carbocycles. The van der Waals surface area contributed by atoms with Gasteiger partial charge in [0.15, 0.2) is 11.6 Å². The quantitative estimate of drug-likeness (QED) is 0.776. The van der Waals surface area contributed by atoms with E-state index in [1.165, 1.54) is 9.21 Å². The van der Waals surface area contributed by atoms with E-state index in [0.717, 1.165) is 24.7 Å². The van der Waals surface area contributed by atoms with Gasteiger partial charge < -0.3 is 9.64 Å². The summed E-state index contributed by atoms with van der Waals surface area (Å²) in [6.45, 7) is 3.07. The Morgan fingerprint density at radius 2 is 1.81 bits per heavy atom. The monoisotopic (exact) mass is 417 g/mol. The molecule has 0 spiro atoms. The van der Waals surface area contributed by atoms with E-state index in [1.807, 2.05) is 12.1 Å². The third-order valence-corrected chi connectivity index (χ3v) is 6.61. The van der Waals surface area contributed by atoms with Crippen LogP contribution in [0.2, 0.25) is 5.02 Å². The molecule has 9 heteroatoms. The number of rotatable bonds is 6. The summed E-state index contributed by atoms with van der Waals surface area (Å²) in [5.41, 5.74) is 0. The number of piperazine rings is 1. The molecule has 146 valence electrons. The number of quaternary nitrogens is 1. The first-order valence-corrected chi connectivity index (χ1v) is 10.4. The average molecular weight is 418 g/mol. The molecule has 0 atom stereocenters. The minimum Gasteiger partial charge on any atom is -0.488 e. The summed E-state index contributed by atoms with van der Waals surface area (Å²) >= 11 is 5.91. The molecule has 5 nitrogen and oxygen atoms in total. The Kier molecular flexibility index (Phi) is 6.31. The Morgan fingerprint density at radius 3 is 2.48 bits per heavy atom. The van der Waals surface area contributed by atoms with Crippen LogP contribution < -0.4 is 9.64 Å². The predicted molar refractivity (Wildman–Crippen MR) is 97.6 cm³/mol. The molecular formula is C18H20ClF2N2O3S+. The maximum atomic E-state index is 13.4. The molecule has 0 unspecified atom stereocenters. The Balaban J connectivity index is 1.51. The van der Waals surface area contributed by atoms with Gasteiger partial charge in [-0.2, -0.15) is 4.31 Å². The highest BCUT2D eigenvalue weighted by molar-refractivity contribution is 7.89. The number of nitrogens with zero attached hydrogens (tertiary/aromatic N) is 1. The Hall–Kier alpha value is -1.74. The van der Waals surface area contributed by atoms with E-state index in [9.17, 15) is 17.2 Å². The fourth-order valence-corrected chi connectivity index (χ4v) is 4.58. The van der Waals surface area contributed by atoms with Crippen molar-refractivity contribution in [2.24, 2.45) is 0 Å². The topological polar surface area (TPSA) is 51.0 Å². The summed E-state index contributed by atoms with van der Waals surface area (Å²) < 4.78 is 58.5. The predicted octanol–water partition coefficient (Wildman–Crippen LogP) is 1.59. The van der Waals surface area contributed by atoms with Crippen molar-refractivity contribution >= 4 is 21.6 Å². The average Bonchev–Trinajstić information content (AvgIpc) is 2.64. The van der Waals surface area contributed by atoms with Crippen molar-refractivity contribution in [3.63, 3.8) is 0 Å². The Labute approximate surface area is 162 Å². The molecule has 0 bridgehead atoms. The van der Waals surface area contributed by atoms with Crippen LogP contribution in [-0.2, 0) is 10.0 Å². The standard InChI is InChI=1S/C18H19ClF2N2O3S/c19-14-2-1-3-15(12-14)26-11-10-22-6-8-23(9-7-22)27(24,25)16-4-5-17(20)18(21)13-16/h1-5,12-13H,6-11H2/p+1. The van der Waals surface area contributed by atoms with Crippen LogP contribution in [0.3, 0.4) is 0 Å². The van der Waals surface area contributed by atoms with Crippen molar-refractivity contribution in [3.05, 3.63) is 59.1 Å². The van der Waals surface area contributed by atoms with Crippen LogP contribution in [0.25, 0.3) is 0 Å². The van der Waals surface area contributed by atoms with E-state index in [2.05, 4.69) is 0 Å². The number of sulfonamides is 1. The van der Waals surface area contributed by atoms with Crippen LogP contribution in [0.5, 0.6) is 5.75 Å². The minimum absolute atomic E-state index is 0.228. The van der Waals surface area contributed by atoms with Gasteiger partial charge in [0.2, 0.25) is 10.0 Å². The van der Waals surface area contributed by atoms with E-state index >= 15 is 0 Å². The third kappa shape index (κ3) is 4.95. The van der Waals surface area contributed by atoms with Crippen LogP contribution >= 0.6 is 11.6 Å². The SMILES string of the molecule is O=S(=O)(c1ccc(F)c(F)c1)N1CC[NH+](CCOc2cccc(Cl)c2)CC1. The molecule has 1 saturated heterocycles. The van der Waals surface area contributed by atoms with Gasteiger partial charge in [-0.05, 0) is 36.4 Å². The van der Waals surface area contributed by atoms with Crippen LogP contribution in [0, 0.1) is 11.6 Å². The van der Waals surface area contributed by atoms with Gasteiger partial charge in [0, 0.05) is 5.02 Å². The lowest BCUT2D eigenvalue weighted by atomic mass is 10.3. The van der Waals surface area contributed by atoms with Gasteiger partial charge >= 0.3 is 0 Å². The number of nitrogens with one attached hydrogen (secondary N) is 1. The van der Waals surface area contributed by atoms with Crippen molar-refractivity contribution in [1.82, 2.24) is 4.31 Å². The number of ether oxygens (including phenoxy) is 1. The number of halogens is 3. The van der Waals surface area contributed by atoms with Gasteiger partial charge in [0.25, 0.3) is 0 Å². The van der Waals surface area contributed by atoms with Crippen LogP contribution in [-0.4, -0.2) is 52.1 Å². The maximum absolute atomic E-state index is 13.4. The van der Waals surface area contributed by atoms with Gasteiger partial charge in [-0.15, -0.1) is 0 Å². The molecule has 0 amide bonds. The van der Waals surface area contributed by atoms with Crippen molar-refractivity contribution in [2.75, 3.05) is 39.3 Å². The zero-order valence-electron chi connectivity index (χ0n) is 14.5. The normalized spacial score (nSPS) is 16.4. The largest absolute Gasteiger partial charge is 0.488 e. The van der Waals surface area contributed by atoms with Gasteiger partial charge in [0.1, 0.15) is 18.9 Å². The van der Waals surface area contributed by atoms with Gasteiger partial charge in [0.05, 0.1) is 31.1 Å². The molecule has 1 fully saturated rings. The zero-order valence-corrected chi connectivity index (χ0v) is 16.1. The van der Waals surface area contributed by atoms with Crippen LogP contribution in [0.1, 0.15) is 0 Å². The second-order valence-electron chi connectivity index (χ2n) is 6.29. The second kappa shape index (κ2) is 8.52. The van der Waals surface area contributed by atoms with Crippen LogP contribution in [0.4, 0.5) is 8.78 Å². The highest BCUT2D eigenvalue weighted by Gasteiger charge is 2.30. The van der Waals surface area contributed by atoms with E-state index in [1.54, 1.807) is 12.1 Å². The summed E-state index contributed by atoms with van der Waals surface area (Å²) in [4.78, 5) is 0.989. The highest BCUT2D eigenvalue weighted by atomic mass is 35.5.